The summed E-state index contributed by atoms with van der Waals surface area (Å²) in [5.74, 6) is -0.938. The average Bonchev–Trinajstić information content (AvgIpc) is 2.88. The Bertz CT molecular complexity index is 821. The molecule has 130 valence electrons. The third-order valence-corrected chi connectivity index (χ3v) is 7.00. The molecule has 5 nitrogen and oxygen atoms in total. The summed E-state index contributed by atoms with van der Waals surface area (Å²) >= 11 is 1.04. The molecule has 1 aromatic carbocycles. The van der Waals surface area contributed by atoms with E-state index in [1.165, 1.54) is 30.0 Å². The van der Waals surface area contributed by atoms with Crippen LogP contribution in [-0.4, -0.2) is 42.3 Å². The molecule has 2 aliphatic heterocycles. The molecule has 1 aromatic rings. The molecule has 2 heterocycles. The Kier molecular flexibility index (Phi) is 4.15. The van der Waals surface area contributed by atoms with E-state index in [-0.39, 0.29) is 22.4 Å². The number of sulfone groups is 1. The molecule has 0 saturated carbocycles. The Balaban J connectivity index is 2.14. The van der Waals surface area contributed by atoms with Crippen LogP contribution in [0.5, 0.6) is 0 Å². The number of carbonyl (C=O) groups is 1. The standard InChI is InChI=1S/C14H13F3N2O3S2/c1-8(20)18-13-19(11-6-24(21,22)7-12(11)23-13)10-5-3-2-4-9(10)14(15,16)17/h2-5,11-12H,6-7H2,1H3. The molecular formula is C14H13F3N2O3S2. The Morgan fingerprint density at radius 1 is 1.29 bits per heavy atom. The molecule has 24 heavy (non-hydrogen) atoms. The fourth-order valence-corrected chi connectivity index (χ4v) is 6.86. The highest BCUT2D eigenvalue weighted by Gasteiger charge is 2.51. The van der Waals surface area contributed by atoms with E-state index in [1.54, 1.807) is 0 Å². The molecule has 0 radical (unpaired) electrons. The van der Waals surface area contributed by atoms with Crippen LogP contribution in [-0.2, 0) is 20.8 Å². The van der Waals surface area contributed by atoms with E-state index in [0.717, 1.165) is 17.8 Å². The lowest BCUT2D eigenvalue weighted by atomic mass is 10.1. The summed E-state index contributed by atoms with van der Waals surface area (Å²) < 4.78 is 63.7. The highest BCUT2D eigenvalue weighted by atomic mass is 32.2. The number of aliphatic imine (C=N–C) groups is 1. The smallest absolute Gasteiger partial charge is 0.315 e. The maximum Gasteiger partial charge on any atom is 0.418 e. The van der Waals surface area contributed by atoms with Crippen molar-refractivity contribution in [2.24, 2.45) is 4.99 Å². The van der Waals surface area contributed by atoms with E-state index in [0.29, 0.717) is 0 Å². The molecule has 0 bridgehead atoms. The number of hydrogen-bond donors (Lipinski definition) is 0. The zero-order chi connectivity index (χ0) is 17.7. The maximum atomic E-state index is 13.3. The number of thioether (sulfide) groups is 1. The fraction of sp³-hybridized carbons (Fsp3) is 0.429. The Labute approximate surface area is 140 Å². The second kappa shape index (κ2) is 5.76. The average molecular weight is 378 g/mol. The van der Waals surface area contributed by atoms with Gasteiger partial charge in [-0.15, -0.1) is 0 Å². The van der Waals surface area contributed by atoms with E-state index < -0.39 is 38.8 Å². The number of halogens is 3. The maximum absolute atomic E-state index is 13.3. The third kappa shape index (κ3) is 3.16. The molecule has 2 fully saturated rings. The van der Waals surface area contributed by atoms with Gasteiger partial charge in [0.25, 0.3) is 0 Å². The zero-order valence-electron chi connectivity index (χ0n) is 12.4. The molecule has 0 spiro atoms. The van der Waals surface area contributed by atoms with E-state index >= 15 is 0 Å². The van der Waals surface area contributed by atoms with Crippen molar-refractivity contribution < 1.29 is 26.4 Å². The van der Waals surface area contributed by atoms with Crippen molar-refractivity contribution in [3.8, 4) is 0 Å². The summed E-state index contributed by atoms with van der Waals surface area (Å²) in [4.78, 5) is 16.4. The van der Waals surface area contributed by atoms with Gasteiger partial charge in [-0.1, -0.05) is 23.9 Å². The van der Waals surface area contributed by atoms with Gasteiger partial charge in [-0.3, -0.25) is 4.79 Å². The van der Waals surface area contributed by atoms with Crippen LogP contribution < -0.4 is 4.90 Å². The van der Waals surface area contributed by atoms with Crippen molar-refractivity contribution in [2.75, 3.05) is 16.4 Å². The van der Waals surface area contributed by atoms with E-state index in [4.69, 9.17) is 0 Å². The Hall–Kier alpha value is -1.55. The summed E-state index contributed by atoms with van der Waals surface area (Å²) in [5, 5.41) is -0.321. The van der Waals surface area contributed by atoms with Crippen LogP contribution in [0.4, 0.5) is 18.9 Å². The topological polar surface area (TPSA) is 66.8 Å². The fourth-order valence-electron chi connectivity index (χ4n) is 2.90. The molecule has 0 N–H and O–H groups in total. The minimum Gasteiger partial charge on any atom is -0.315 e. The van der Waals surface area contributed by atoms with Crippen molar-refractivity contribution in [2.45, 2.75) is 24.4 Å². The molecule has 10 heteroatoms. The van der Waals surface area contributed by atoms with Crippen molar-refractivity contribution in [3.63, 3.8) is 0 Å². The largest absolute Gasteiger partial charge is 0.418 e. The van der Waals surface area contributed by atoms with Gasteiger partial charge in [0.15, 0.2) is 15.0 Å². The highest BCUT2D eigenvalue weighted by molar-refractivity contribution is 8.16. The van der Waals surface area contributed by atoms with Crippen LogP contribution >= 0.6 is 11.8 Å². The minimum absolute atomic E-state index is 0.115. The number of amides is 1. The van der Waals surface area contributed by atoms with Crippen molar-refractivity contribution >= 4 is 38.4 Å². The quantitative estimate of drug-likeness (QED) is 0.750. The van der Waals surface area contributed by atoms with Crippen molar-refractivity contribution in [1.82, 2.24) is 0 Å². The normalized spacial score (nSPS) is 27.5. The van der Waals surface area contributed by atoms with Gasteiger partial charge in [-0.05, 0) is 12.1 Å². The minimum atomic E-state index is -4.60. The first-order chi connectivity index (χ1) is 11.1. The number of anilines is 1. The summed E-state index contributed by atoms with van der Waals surface area (Å²) in [6.07, 6.45) is -4.60. The molecule has 0 aliphatic carbocycles. The van der Waals surface area contributed by atoms with E-state index in [9.17, 15) is 26.4 Å². The van der Waals surface area contributed by atoms with Crippen LogP contribution in [0.25, 0.3) is 0 Å². The zero-order valence-corrected chi connectivity index (χ0v) is 14.1. The molecule has 3 rings (SSSR count). The van der Waals surface area contributed by atoms with Crippen LogP contribution in [0.1, 0.15) is 12.5 Å². The lowest BCUT2D eigenvalue weighted by Gasteiger charge is -2.27. The SMILES string of the molecule is CC(=O)N=C1SC2CS(=O)(=O)CC2N1c1ccccc1C(F)(F)F. The van der Waals surface area contributed by atoms with E-state index in [2.05, 4.69) is 4.99 Å². The van der Waals surface area contributed by atoms with Gasteiger partial charge in [-0.2, -0.15) is 18.2 Å². The van der Waals surface area contributed by atoms with Gasteiger partial charge in [0.05, 0.1) is 28.8 Å². The van der Waals surface area contributed by atoms with Crippen LogP contribution in [0.3, 0.4) is 0 Å². The Morgan fingerprint density at radius 3 is 2.58 bits per heavy atom. The van der Waals surface area contributed by atoms with Crippen molar-refractivity contribution in [1.29, 1.82) is 0 Å². The first-order valence-corrected chi connectivity index (χ1v) is 9.70. The van der Waals surface area contributed by atoms with Gasteiger partial charge in [-0.25, -0.2) is 8.42 Å². The second-order valence-corrected chi connectivity index (χ2v) is 8.96. The highest BCUT2D eigenvalue weighted by Crippen LogP contribution is 2.45. The number of nitrogens with zero attached hydrogens (tertiary/aromatic N) is 2. The number of carbonyl (C=O) groups excluding carboxylic acids is 1. The second-order valence-electron chi connectivity index (χ2n) is 5.60. The molecule has 2 saturated heterocycles. The molecule has 2 aliphatic rings. The molecule has 1 amide bonds. The van der Waals surface area contributed by atoms with Crippen LogP contribution in [0.2, 0.25) is 0 Å². The number of hydrogen-bond acceptors (Lipinski definition) is 4. The number of para-hydroxylation sites is 1. The first kappa shape index (κ1) is 17.3. The number of alkyl halides is 3. The summed E-state index contributed by atoms with van der Waals surface area (Å²) in [6, 6.07) is 4.24. The first-order valence-electron chi connectivity index (χ1n) is 7.00. The van der Waals surface area contributed by atoms with Gasteiger partial charge in [0, 0.05) is 12.2 Å². The number of benzene rings is 1. The van der Waals surface area contributed by atoms with E-state index in [1.807, 2.05) is 0 Å². The van der Waals surface area contributed by atoms with Gasteiger partial charge in [0.2, 0.25) is 5.91 Å². The molecular weight excluding hydrogens is 365 g/mol. The Morgan fingerprint density at radius 2 is 1.96 bits per heavy atom. The summed E-state index contributed by atoms with van der Waals surface area (Å²) in [6.45, 7) is 1.20. The molecule has 2 atom stereocenters. The van der Waals surface area contributed by atoms with Crippen LogP contribution in [0, 0.1) is 0 Å². The van der Waals surface area contributed by atoms with Gasteiger partial charge >= 0.3 is 6.18 Å². The van der Waals surface area contributed by atoms with Crippen molar-refractivity contribution in [3.05, 3.63) is 29.8 Å². The molecule has 2 unspecified atom stereocenters. The predicted molar refractivity (Wildman–Crippen MR) is 85.9 cm³/mol. The number of fused-ring (bicyclic) bond motifs is 1. The van der Waals surface area contributed by atoms with Gasteiger partial charge in [0.1, 0.15) is 0 Å². The lowest BCUT2D eigenvalue weighted by molar-refractivity contribution is -0.137. The monoisotopic (exact) mass is 378 g/mol. The third-order valence-electron chi connectivity index (χ3n) is 3.79. The number of rotatable bonds is 1. The summed E-state index contributed by atoms with van der Waals surface area (Å²) in [5.41, 5.74) is -1.06. The van der Waals surface area contributed by atoms with Gasteiger partial charge < -0.3 is 4.90 Å². The lowest BCUT2D eigenvalue weighted by Crippen LogP contribution is -2.38. The predicted octanol–water partition coefficient (Wildman–Crippen LogP) is 2.33. The summed E-state index contributed by atoms with van der Waals surface area (Å²) in [7, 11) is -3.33. The van der Waals surface area contributed by atoms with Crippen LogP contribution in [0.15, 0.2) is 29.3 Å². The number of amidine groups is 1. The molecule has 0 aromatic heterocycles.